The van der Waals surface area contributed by atoms with Gasteiger partial charge in [-0.2, -0.15) is 11.8 Å². The van der Waals surface area contributed by atoms with Crippen LogP contribution in [-0.4, -0.2) is 30.6 Å². The highest BCUT2D eigenvalue weighted by Crippen LogP contribution is 2.18. The maximum Gasteiger partial charge on any atom is 0.168 e. The van der Waals surface area contributed by atoms with Crippen LogP contribution in [0.15, 0.2) is 6.07 Å². The van der Waals surface area contributed by atoms with E-state index in [0.29, 0.717) is 6.54 Å². The largest absolute Gasteiger partial charge is 0.371 e. The molecule has 0 bridgehead atoms. The minimum atomic E-state index is -0.680. The number of unbranched alkanes of at least 4 members (excludes halogenated alkanes) is 2. The van der Waals surface area contributed by atoms with Crippen LogP contribution in [0.25, 0.3) is 0 Å². The minimum absolute atomic E-state index is 0.0567. The van der Waals surface area contributed by atoms with Crippen molar-refractivity contribution in [2.75, 3.05) is 36.2 Å². The molecule has 1 rings (SSSR count). The van der Waals surface area contributed by atoms with E-state index in [1.165, 1.54) is 0 Å². The van der Waals surface area contributed by atoms with E-state index in [9.17, 15) is 8.78 Å². The molecule has 0 amide bonds. The molecule has 0 aliphatic rings. The Bertz CT molecular complexity index is 375. The number of nitrogens with one attached hydrogen (secondary N) is 2. The quantitative estimate of drug-likeness (QED) is 0.713. The molecule has 0 unspecified atom stereocenters. The van der Waals surface area contributed by atoms with Gasteiger partial charge in [0.2, 0.25) is 0 Å². The summed E-state index contributed by atoms with van der Waals surface area (Å²) >= 11 is 1.82. The predicted octanol–water partition coefficient (Wildman–Crippen LogP) is 3.35. The van der Waals surface area contributed by atoms with Crippen molar-refractivity contribution in [2.45, 2.75) is 19.3 Å². The van der Waals surface area contributed by atoms with Crippen LogP contribution in [-0.2, 0) is 0 Å². The van der Waals surface area contributed by atoms with Gasteiger partial charge in [0.05, 0.1) is 0 Å². The number of pyridine rings is 1. The summed E-state index contributed by atoms with van der Waals surface area (Å²) in [7, 11) is 1.55. The predicted molar refractivity (Wildman–Crippen MR) is 74.4 cm³/mol. The van der Waals surface area contributed by atoms with E-state index < -0.39 is 11.6 Å². The number of aromatic nitrogens is 1. The summed E-state index contributed by atoms with van der Waals surface area (Å²) < 4.78 is 26.6. The molecule has 0 radical (unpaired) electrons. The fourth-order valence-corrected chi connectivity index (χ4v) is 2.01. The molecule has 18 heavy (non-hydrogen) atoms. The van der Waals surface area contributed by atoms with E-state index in [2.05, 4.69) is 21.9 Å². The van der Waals surface area contributed by atoms with E-state index in [4.69, 9.17) is 0 Å². The fraction of sp³-hybridized carbons (Fsp3) is 0.583. The molecule has 2 N–H and O–H groups in total. The van der Waals surface area contributed by atoms with E-state index in [0.717, 1.165) is 31.1 Å². The Balaban J connectivity index is 2.42. The van der Waals surface area contributed by atoms with Crippen LogP contribution < -0.4 is 10.6 Å². The molecule has 0 fully saturated rings. The van der Waals surface area contributed by atoms with Crippen molar-refractivity contribution in [2.24, 2.45) is 0 Å². The maximum absolute atomic E-state index is 13.4. The highest BCUT2D eigenvalue weighted by atomic mass is 32.2. The van der Waals surface area contributed by atoms with Gasteiger partial charge in [-0.1, -0.05) is 6.42 Å². The van der Waals surface area contributed by atoms with Gasteiger partial charge in [-0.3, -0.25) is 0 Å². The monoisotopic (exact) mass is 275 g/mol. The Morgan fingerprint density at radius 1 is 1.17 bits per heavy atom. The third-order valence-corrected chi connectivity index (χ3v) is 3.18. The molecule has 3 nitrogen and oxygen atoms in total. The molecule has 0 aliphatic carbocycles. The van der Waals surface area contributed by atoms with Crippen LogP contribution in [0.1, 0.15) is 19.3 Å². The summed E-state index contributed by atoms with van der Waals surface area (Å²) in [5.74, 6) is -0.0319. The van der Waals surface area contributed by atoms with Crippen LogP contribution in [0.3, 0.4) is 0 Å². The summed E-state index contributed by atoms with van der Waals surface area (Å²) in [6.45, 7) is 0.646. The summed E-state index contributed by atoms with van der Waals surface area (Å²) in [4.78, 5) is 3.85. The van der Waals surface area contributed by atoms with Gasteiger partial charge in [0, 0.05) is 19.7 Å². The number of nitrogens with zero attached hydrogens (tertiary/aromatic N) is 1. The van der Waals surface area contributed by atoms with Crippen molar-refractivity contribution >= 4 is 23.4 Å². The lowest BCUT2D eigenvalue weighted by Crippen LogP contribution is -2.08. The van der Waals surface area contributed by atoms with Crippen molar-refractivity contribution in [1.82, 2.24) is 4.98 Å². The number of halogens is 2. The molecule has 0 saturated carbocycles. The summed E-state index contributed by atoms with van der Waals surface area (Å²) in [6.07, 6.45) is 5.28. The summed E-state index contributed by atoms with van der Waals surface area (Å²) in [6, 6.07) is 0.842. The molecule has 0 aliphatic heterocycles. The number of hydrogen-bond acceptors (Lipinski definition) is 4. The Morgan fingerprint density at radius 3 is 2.56 bits per heavy atom. The molecule has 1 heterocycles. The second kappa shape index (κ2) is 8.13. The van der Waals surface area contributed by atoms with Crippen molar-refractivity contribution in [1.29, 1.82) is 0 Å². The molecule has 0 aromatic carbocycles. The lowest BCUT2D eigenvalue weighted by molar-refractivity contribution is 0.578. The normalized spacial score (nSPS) is 10.4. The lowest BCUT2D eigenvalue weighted by atomic mass is 10.2. The smallest absolute Gasteiger partial charge is 0.168 e. The molecule has 102 valence electrons. The molecular weight excluding hydrogens is 256 g/mol. The average Bonchev–Trinajstić information content (AvgIpc) is 2.36. The molecule has 1 aromatic heterocycles. The average molecular weight is 275 g/mol. The Kier molecular flexibility index (Phi) is 6.78. The van der Waals surface area contributed by atoms with Crippen molar-refractivity contribution in [3.05, 3.63) is 17.7 Å². The zero-order valence-corrected chi connectivity index (χ0v) is 11.5. The van der Waals surface area contributed by atoms with Gasteiger partial charge in [0.15, 0.2) is 23.3 Å². The second-order valence-corrected chi connectivity index (χ2v) is 4.87. The zero-order chi connectivity index (χ0) is 13.4. The van der Waals surface area contributed by atoms with Gasteiger partial charge < -0.3 is 10.6 Å². The van der Waals surface area contributed by atoms with Gasteiger partial charge in [0.1, 0.15) is 0 Å². The maximum atomic E-state index is 13.4. The van der Waals surface area contributed by atoms with Gasteiger partial charge >= 0.3 is 0 Å². The minimum Gasteiger partial charge on any atom is -0.371 e. The molecule has 0 saturated heterocycles. The molecule has 0 spiro atoms. The SMILES string of the molecule is CNc1nc(NCCCCCSC)c(F)cc1F. The van der Waals surface area contributed by atoms with Crippen molar-refractivity contribution in [3.8, 4) is 0 Å². The van der Waals surface area contributed by atoms with Gasteiger partial charge in [0.25, 0.3) is 0 Å². The number of rotatable bonds is 8. The number of thioether (sulfide) groups is 1. The zero-order valence-electron chi connectivity index (χ0n) is 10.7. The van der Waals surface area contributed by atoms with Crippen molar-refractivity contribution in [3.63, 3.8) is 0 Å². The standard InChI is InChI=1S/C12H19F2N3S/c1-15-11-9(13)8-10(14)12(17-11)16-6-4-3-5-7-18-2/h8H,3-7H2,1-2H3,(H2,15,16,17). The van der Waals surface area contributed by atoms with Crippen molar-refractivity contribution < 1.29 is 8.78 Å². The third kappa shape index (κ3) is 4.68. The van der Waals surface area contributed by atoms with Crippen LogP contribution in [0.5, 0.6) is 0 Å². The highest BCUT2D eigenvalue weighted by molar-refractivity contribution is 7.98. The Labute approximate surface area is 111 Å². The fourth-order valence-electron chi connectivity index (χ4n) is 1.52. The van der Waals surface area contributed by atoms with Gasteiger partial charge in [-0.05, 0) is 24.9 Å². The molecular formula is C12H19F2N3S. The number of hydrogen-bond donors (Lipinski definition) is 2. The van der Waals surface area contributed by atoms with E-state index >= 15 is 0 Å². The number of anilines is 2. The van der Waals surface area contributed by atoms with Gasteiger partial charge in [-0.15, -0.1) is 0 Å². The lowest BCUT2D eigenvalue weighted by Gasteiger charge is -2.09. The van der Waals surface area contributed by atoms with E-state index in [1.54, 1.807) is 7.05 Å². The Hall–Kier alpha value is -1.04. The van der Waals surface area contributed by atoms with Crippen LogP contribution in [0.4, 0.5) is 20.4 Å². The highest BCUT2D eigenvalue weighted by Gasteiger charge is 2.10. The molecule has 6 heteroatoms. The molecule has 1 aromatic rings. The topological polar surface area (TPSA) is 37.0 Å². The second-order valence-electron chi connectivity index (χ2n) is 3.88. The third-order valence-electron chi connectivity index (χ3n) is 2.48. The summed E-state index contributed by atoms with van der Waals surface area (Å²) in [5.41, 5.74) is 0. The summed E-state index contributed by atoms with van der Waals surface area (Å²) in [5, 5.41) is 5.48. The first-order chi connectivity index (χ1) is 8.69. The van der Waals surface area contributed by atoms with E-state index in [1.807, 2.05) is 11.8 Å². The Morgan fingerprint density at radius 2 is 1.89 bits per heavy atom. The van der Waals surface area contributed by atoms with Crippen LogP contribution in [0.2, 0.25) is 0 Å². The first kappa shape index (κ1) is 15.0. The van der Waals surface area contributed by atoms with Gasteiger partial charge in [-0.25, -0.2) is 13.8 Å². The van der Waals surface area contributed by atoms with Crippen LogP contribution >= 0.6 is 11.8 Å². The van der Waals surface area contributed by atoms with Crippen LogP contribution in [0, 0.1) is 11.6 Å². The first-order valence-electron chi connectivity index (χ1n) is 5.95. The molecule has 0 atom stereocenters. The van der Waals surface area contributed by atoms with E-state index in [-0.39, 0.29) is 11.6 Å². The first-order valence-corrected chi connectivity index (χ1v) is 7.35.